The van der Waals surface area contributed by atoms with E-state index in [2.05, 4.69) is 48.0 Å². The van der Waals surface area contributed by atoms with Crippen molar-refractivity contribution in [3.8, 4) is 11.3 Å². The van der Waals surface area contributed by atoms with Crippen LogP contribution in [0.25, 0.3) is 22.0 Å². The number of pyridine rings is 1. The summed E-state index contributed by atoms with van der Waals surface area (Å²) in [5.74, 6) is 0. The van der Waals surface area contributed by atoms with Gasteiger partial charge in [0.05, 0.1) is 0 Å². The minimum absolute atomic E-state index is 0. The van der Waals surface area contributed by atoms with Gasteiger partial charge >= 0.3 is 20.1 Å². The van der Waals surface area contributed by atoms with Gasteiger partial charge in [-0.15, -0.1) is 42.0 Å². The molecule has 0 amide bonds. The zero-order chi connectivity index (χ0) is 15.1. The number of hydrogen-bond acceptors (Lipinski definition) is 2. The molecule has 0 aliphatic carbocycles. The molecule has 0 aliphatic rings. The maximum absolute atomic E-state index is 4.45. The van der Waals surface area contributed by atoms with Crippen molar-refractivity contribution in [2.24, 2.45) is 0 Å². The van der Waals surface area contributed by atoms with Gasteiger partial charge in [0, 0.05) is 6.20 Å². The minimum Gasteiger partial charge on any atom is -0.578 e. The molecule has 3 rings (SSSR count). The second kappa shape index (κ2) is 9.47. The molecule has 22 heavy (non-hydrogen) atoms. The first-order valence-corrected chi connectivity index (χ1v) is 6.76. The first kappa shape index (κ1) is 18.5. The van der Waals surface area contributed by atoms with Crippen LogP contribution in [0.1, 0.15) is 6.92 Å². The first-order chi connectivity index (χ1) is 10.2. The van der Waals surface area contributed by atoms with Crippen molar-refractivity contribution in [1.82, 2.24) is 4.98 Å². The van der Waals surface area contributed by atoms with E-state index in [1.807, 2.05) is 49.5 Å². The van der Waals surface area contributed by atoms with Crippen molar-refractivity contribution < 1.29 is 24.8 Å². The molecule has 0 radical (unpaired) electrons. The molecule has 0 aliphatic heterocycles. The number of hydrogen-bond donors (Lipinski definition) is 0. The van der Waals surface area contributed by atoms with E-state index in [9.17, 15) is 0 Å². The van der Waals surface area contributed by atoms with E-state index in [0.717, 1.165) is 11.3 Å². The van der Waals surface area contributed by atoms with E-state index in [4.69, 9.17) is 0 Å². The average Bonchev–Trinajstić information content (AvgIpc) is 2.56. The molecular formula is C19H18IrNO. The van der Waals surface area contributed by atoms with E-state index < -0.39 is 0 Å². The van der Waals surface area contributed by atoms with Crippen molar-refractivity contribution in [3.63, 3.8) is 0 Å². The fraction of sp³-hybridized carbons (Fsp3) is 0.105. The summed E-state index contributed by atoms with van der Waals surface area (Å²) in [5.41, 5.74) is 2.01. The summed E-state index contributed by atoms with van der Waals surface area (Å²) in [4.78, 5) is 4.45. The number of rotatable bonds is 2. The Bertz CT molecular complexity index is 683. The van der Waals surface area contributed by atoms with Gasteiger partial charge in [-0.05, 0) is 16.5 Å². The monoisotopic (exact) mass is 469 g/mol. The summed E-state index contributed by atoms with van der Waals surface area (Å²) in [6.07, 6.45) is 1.93. The maximum Gasteiger partial charge on any atom is 3.00 e. The molecule has 3 aromatic rings. The van der Waals surface area contributed by atoms with Gasteiger partial charge < -0.3 is 16.6 Å². The third-order valence-corrected chi connectivity index (χ3v) is 2.90. The Morgan fingerprint density at radius 3 is 2.32 bits per heavy atom. The van der Waals surface area contributed by atoms with Gasteiger partial charge in [0.25, 0.3) is 0 Å². The van der Waals surface area contributed by atoms with Crippen LogP contribution < -0.4 is 0 Å². The minimum atomic E-state index is 0. The molecule has 1 heterocycles. The number of aromatic nitrogens is 1. The van der Waals surface area contributed by atoms with E-state index in [-0.39, 0.29) is 26.2 Å². The van der Waals surface area contributed by atoms with Crippen molar-refractivity contribution >= 4 is 10.8 Å². The van der Waals surface area contributed by atoms with Crippen LogP contribution in [-0.2, 0) is 24.8 Å². The standard InChI is InChI=1S/C15H10N.C4H8O.Ir/c1-2-6-12(7-3-1)15-10-13-8-4-5-9-14(13)11-16-15;1-4(2)5-3;/h1-6,8-11H;4H,1,3H2,2H3;/q-1;-2;+3. The Labute approximate surface area is 145 Å². The molecule has 0 saturated carbocycles. The van der Waals surface area contributed by atoms with E-state index in [0.29, 0.717) is 0 Å². The Morgan fingerprint density at radius 2 is 1.73 bits per heavy atom. The van der Waals surface area contributed by atoms with Gasteiger partial charge in [-0.2, -0.15) is 0 Å². The summed E-state index contributed by atoms with van der Waals surface area (Å²) in [5, 5.41) is 2.38. The van der Waals surface area contributed by atoms with Crippen molar-refractivity contribution in [2.45, 2.75) is 13.0 Å². The summed E-state index contributed by atoms with van der Waals surface area (Å²) >= 11 is 0. The van der Waals surface area contributed by atoms with Gasteiger partial charge in [-0.25, -0.2) is 7.11 Å². The topological polar surface area (TPSA) is 22.1 Å². The van der Waals surface area contributed by atoms with Crippen molar-refractivity contribution in [2.75, 3.05) is 0 Å². The Balaban J connectivity index is 0.000000356. The molecule has 3 heteroatoms. The second-order valence-corrected chi connectivity index (χ2v) is 4.67. The molecular weight excluding hydrogens is 450 g/mol. The molecule has 0 saturated heterocycles. The van der Waals surface area contributed by atoms with Gasteiger partial charge in [0.15, 0.2) is 0 Å². The maximum atomic E-state index is 4.45. The van der Waals surface area contributed by atoms with Crippen LogP contribution in [0.4, 0.5) is 0 Å². The zero-order valence-corrected chi connectivity index (χ0v) is 14.8. The van der Waals surface area contributed by atoms with Crippen LogP contribution in [0, 0.1) is 20.1 Å². The third kappa shape index (κ3) is 5.34. The Kier molecular flexibility index (Phi) is 7.97. The summed E-state index contributed by atoms with van der Waals surface area (Å²) in [7, 11) is 3.12. The van der Waals surface area contributed by atoms with E-state index in [1.165, 1.54) is 10.8 Å². The second-order valence-electron chi connectivity index (χ2n) is 4.67. The summed E-state index contributed by atoms with van der Waals surface area (Å²) in [6.45, 7) is 5.30. The predicted molar refractivity (Wildman–Crippen MR) is 87.3 cm³/mol. The van der Waals surface area contributed by atoms with Crippen LogP contribution in [0.2, 0.25) is 0 Å². The SMILES string of the molecule is [CH2-]OC([CH2-])C.[Ir+3].[c-]1ccccc1-c1cc2ccccc2cn1. The molecule has 0 N–H and O–H groups in total. The quantitative estimate of drug-likeness (QED) is 0.508. The number of fused-ring (bicyclic) bond motifs is 1. The summed E-state index contributed by atoms with van der Waals surface area (Å²) in [6, 6.07) is 21.4. The molecule has 1 atom stereocenters. The van der Waals surface area contributed by atoms with Crippen LogP contribution in [0.5, 0.6) is 0 Å². The first-order valence-electron chi connectivity index (χ1n) is 6.76. The molecule has 2 nitrogen and oxygen atoms in total. The number of benzene rings is 2. The third-order valence-electron chi connectivity index (χ3n) is 2.90. The van der Waals surface area contributed by atoms with Gasteiger partial charge in [-0.1, -0.05) is 37.3 Å². The Hall–Kier alpha value is -1.54. The zero-order valence-electron chi connectivity index (χ0n) is 12.5. The molecule has 0 fully saturated rings. The predicted octanol–water partition coefficient (Wildman–Crippen LogP) is 4.72. The van der Waals surface area contributed by atoms with E-state index in [1.54, 1.807) is 0 Å². The smallest absolute Gasteiger partial charge is 0.578 e. The van der Waals surface area contributed by atoms with Crippen molar-refractivity contribution in [3.05, 3.63) is 80.9 Å². The molecule has 1 aromatic heterocycles. The molecule has 1 unspecified atom stereocenters. The van der Waals surface area contributed by atoms with Crippen LogP contribution in [0.15, 0.2) is 60.8 Å². The molecule has 0 spiro atoms. The molecule has 0 bridgehead atoms. The van der Waals surface area contributed by atoms with Crippen LogP contribution in [0.3, 0.4) is 0 Å². The van der Waals surface area contributed by atoms with Crippen LogP contribution >= 0.6 is 0 Å². The molecule has 114 valence electrons. The van der Waals surface area contributed by atoms with Crippen molar-refractivity contribution in [1.29, 1.82) is 0 Å². The van der Waals surface area contributed by atoms with E-state index >= 15 is 0 Å². The normalized spacial score (nSPS) is 11.0. The fourth-order valence-corrected chi connectivity index (χ4v) is 1.78. The van der Waals surface area contributed by atoms with Gasteiger partial charge in [0.2, 0.25) is 0 Å². The largest absolute Gasteiger partial charge is 3.00 e. The number of ether oxygens (including phenoxy) is 1. The molecule has 2 aromatic carbocycles. The van der Waals surface area contributed by atoms with Gasteiger partial charge in [-0.3, -0.25) is 0 Å². The number of nitrogens with zero attached hydrogens (tertiary/aromatic N) is 1. The summed E-state index contributed by atoms with van der Waals surface area (Å²) < 4.78 is 4.39. The fourth-order valence-electron chi connectivity index (χ4n) is 1.78. The van der Waals surface area contributed by atoms with Gasteiger partial charge in [0.1, 0.15) is 0 Å². The average molecular weight is 469 g/mol. The Morgan fingerprint density at radius 1 is 1.09 bits per heavy atom. The van der Waals surface area contributed by atoms with Crippen LogP contribution in [-0.4, -0.2) is 11.1 Å².